The monoisotopic (exact) mass is 738 g/mol. The maximum atomic E-state index is 5.45. The van der Waals surface area contributed by atoms with E-state index in [9.17, 15) is 0 Å². The Balaban J connectivity index is 1.12. The van der Waals surface area contributed by atoms with E-state index in [2.05, 4.69) is 215 Å². The van der Waals surface area contributed by atoms with Gasteiger partial charge in [0.25, 0.3) is 0 Å². The molecule has 0 N–H and O–H groups in total. The summed E-state index contributed by atoms with van der Waals surface area (Å²) in [5.41, 5.74) is 13.2. The lowest BCUT2D eigenvalue weighted by atomic mass is 9.94. The normalized spacial score (nSPS) is 11.8. The maximum absolute atomic E-state index is 5.45. The van der Waals surface area contributed by atoms with Crippen molar-refractivity contribution >= 4 is 65.3 Å². The molecule has 0 spiro atoms. The van der Waals surface area contributed by atoms with Gasteiger partial charge in [-0.2, -0.15) is 0 Å². The van der Waals surface area contributed by atoms with Crippen LogP contribution in [0.5, 0.6) is 0 Å². The molecule has 0 aliphatic rings. The number of fused-ring (bicyclic) bond motifs is 9. The fourth-order valence-corrected chi connectivity index (χ4v) is 9.12. The summed E-state index contributed by atoms with van der Waals surface area (Å²) in [5, 5.41) is 8.26. The largest absolute Gasteiger partial charge is 0.309 e. The highest BCUT2D eigenvalue weighted by molar-refractivity contribution is 6.24. The van der Waals surface area contributed by atoms with Gasteiger partial charge in [0.05, 0.1) is 33.3 Å². The average Bonchev–Trinajstić information content (AvgIpc) is 3.82. The van der Waals surface area contributed by atoms with Gasteiger partial charge in [0, 0.05) is 38.2 Å². The highest BCUT2D eigenvalue weighted by Crippen LogP contribution is 2.43. The van der Waals surface area contributed by atoms with Gasteiger partial charge in [-0.3, -0.25) is 4.57 Å². The van der Waals surface area contributed by atoms with E-state index < -0.39 is 0 Å². The van der Waals surface area contributed by atoms with Crippen LogP contribution in [0.15, 0.2) is 206 Å². The highest BCUT2D eigenvalue weighted by atomic mass is 15.2. The molecule has 12 aromatic rings. The number of hydrogen-bond acceptors (Lipinski definition) is 2. The Morgan fingerprint density at radius 2 is 0.862 bits per heavy atom. The van der Waals surface area contributed by atoms with Gasteiger partial charge in [0.1, 0.15) is 0 Å². The minimum Gasteiger partial charge on any atom is -0.309 e. The third kappa shape index (κ3) is 4.95. The lowest BCUT2D eigenvalue weighted by Gasteiger charge is -2.14. The number of aromatic nitrogens is 4. The fourth-order valence-electron chi connectivity index (χ4n) is 9.12. The molecule has 0 unspecified atom stereocenters. The first-order chi connectivity index (χ1) is 28.8. The lowest BCUT2D eigenvalue weighted by molar-refractivity contribution is 1.01. The zero-order valence-electron chi connectivity index (χ0n) is 31.4. The van der Waals surface area contributed by atoms with E-state index in [-0.39, 0.29) is 0 Å². The summed E-state index contributed by atoms with van der Waals surface area (Å²) < 4.78 is 4.65. The molecule has 0 amide bonds. The first-order valence-corrected chi connectivity index (χ1v) is 19.8. The molecule has 12 rings (SSSR count). The van der Waals surface area contributed by atoms with Crippen LogP contribution >= 0.6 is 0 Å². The molecule has 0 aliphatic carbocycles. The van der Waals surface area contributed by atoms with Crippen LogP contribution in [0.4, 0.5) is 0 Å². The van der Waals surface area contributed by atoms with Crippen LogP contribution < -0.4 is 0 Å². The quantitative estimate of drug-likeness (QED) is 0.176. The van der Waals surface area contributed by atoms with Crippen molar-refractivity contribution in [2.45, 2.75) is 0 Å². The van der Waals surface area contributed by atoms with E-state index in [1.807, 2.05) is 0 Å². The maximum Gasteiger partial charge on any atom is 0.235 e. The topological polar surface area (TPSA) is 35.6 Å². The molecule has 0 aliphatic heterocycles. The SMILES string of the molecule is c1ccc(-c2ccc(-c3nc(-n4c5ccccc5c5c6ccccc6c(-c6ccc7c(c6)c6ccccc6n7-c6ccccc6)cc54)nc4ccccc34)cc2)cc1. The molecule has 3 aromatic heterocycles. The van der Waals surface area contributed by atoms with Gasteiger partial charge < -0.3 is 4.57 Å². The summed E-state index contributed by atoms with van der Waals surface area (Å²) >= 11 is 0. The summed E-state index contributed by atoms with van der Waals surface area (Å²) in [4.78, 5) is 10.8. The van der Waals surface area contributed by atoms with Gasteiger partial charge in [-0.25, -0.2) is 9.97 Å². The zero-order valence-corrected chi connectivity index (χ0v) is 31.4. The molecule has 9 aromatic carbocycles. The van der Waals surface area contributed by atoms with E-state index >= 15 is 0 Å². The molecule has 58 heavy (non-hydrogen) atoms. The number of hydrogen-bond donors (Lipinski definition) is 0. The average molecular weight is 739 g/mol. The molecular weight excluding hydrogens is 705 g/mol. The third-order valence-electron chi connectivity index (χ3n) is 11.7. The molecule has 4 nitrogen and oxygen atoms in total. The first-order valence-electron chi connectivity index (χ1n) is 19.8. The minimum atomic E-state index is 0.648. The minimum absolute atomic E-state index is 0.648. The van der Waals surface area contributed by atoms with Gasteiger partial charge >= 0.3 is 0 Å². The smallest absolute Gasteiger partial charge is 0.235 e. The standard InChI is InChI=1S/C54H34N4/c1-3-15-35(16-4-1)36-27-29-37(30-28-36)53-43-22-9-12-24-47(43)55-54(56-53)58-49-26-14-11-23-44(49)52-42-21-8-7-19-40(42)45(34-51(52)58)38-31-32-50-46(33-38)41-20-10-13-25-48(41)57(50)39-17-5-2-6-18-39/h1-34H. The number of rotatable bonds is 5. The van der Waals surface area contributed by atoms with Gasteiger partial charge in [-0.15, -0.1) is 0 Å². The van der Waals surface area contributed by atoms with Crippen LogP contribution in [0.2, 0.25) is 0 Å². The third-order valence-corrected chi connectivity index (χ3v) is 11.7. The number of para-hydroxylation sites is 4. The van der Waals surface area contributed by atoms with Gasteiger partial charge in [-0.1, -0.05) is 158 Å². The first kappa shape index (κ1) is 32.4. The van der Waals surface area contributed by atoms with Crippen molar-refractivity contribution in [1.29, 1.82) is 0 Å². The Morgan fingerprint density at radius 1 is 0.310 bits per heavy atom. The van der Waals surface area contributed by atoms with Crippen molar-refractivity contribution in [3.8, 4) is 45.1 Å². The second-order valence-corrected chi connectivity index (χ2v) is 15.0. The molecule has 0 saturated heterocycles. The van der Waals surface area contributed by atoms with Crippen LogP contribution in [0.3, 0.4) is 0 Å². The molecule has 270 valence electrons. The van der Waals surface area contributed by atoms with Crippen LogP contribution in [0.25, 0.3) is 110 Å². The van der Waals surface area contributed by atoms with Gasteiger partial charge in [0.2, 0.25) is 5.95 Å². The van der Waals surface area contributed by atoms with Gasteiger partial charge in [-0.05, 0) is 81.6 Å². The molecule has 0 atom stereocenters. The zero-order chi connectivity index (χ0) is 38.2. The van der Waals surface area contributed by atoms with Crippen molar-refractivity contribution in [3.05, 3.63) is 206 Å². The van der Waals surface area contributed by atoms with Crippen LogP contribution in [0.1, 0.15) is 0 Å². The summed E-state index contributed by atoms with van der Waals surface area (Å²) in [6.07, 6.45) is 0. The van der Waals surface area contributed by atoms with Crippen molar-refractivity contribution < 1.29 is 0 Å². The Bertz CT molecular complexity index is 3540. The summed E-state index contributed by atoms with van der Waals surface area (Å²) in [5.74, 6) is 0.648. The molecular formula is C54H34N4. The summed E-state index contributed by atoms with van der Waals surface area (Å²) in [7, 11) is 0. The highest BCUT2D eigenvalue weighted by Gasteiger charge is 2.21. The Hall–Kier alpha value is -7.82. The van der Waals surface area contributed by atoms with Gasteiger partial charge in [0.15, 0.2) is 0 Å². The number of nitrogens with zero attached hydrogens (tertiary/aromatic N) is 4. The second kappa shape index (κ2) is 12.9. The van der Waals surface area contributed by atoms with E-state index in [1.165, 1.54) is 60.0 Å². The van der Waals surface area contributed by atoms with Crippen LogP contribution in [-0.2, 0) is 0 Å². The van der Waals surface area contributed by atoms with E-state index in [1.54, 1.807) is 0 Å². The van der Waals surface area contributed by atoms with Crippen molar-refractivity contribution in [3.63, 3.8) is 0 Å². The molecule has 0 saturated carbocycles. The van der Waals surface area contributed by atoms with E-state index in [0.717, 1.165) is 44.4 Å². The predicted octanol–water partition coefficient (Wildman–Crippen LogP) is 14.0. The van der Waals surface area contributed by atoms with E-state index in [0.29, 0.717) is 5.95 Å². The molecule has 0 radical (unpaired) electrons. The Kier molecular flexibility index (Phi) is 7.20. The summed E-state index contributed by atoms with van der Waals surface area (Å²) in [6.45, 7) is 0. The Morgan fingerprint density at radius 3 is 1.64 bits per heavy atom. The van der Waals surface area contributed by atoms with Crippen molar-refractivity contribution in [2.24, 2.45) is 0 Å². The van der Waals surface area contributed by atoms with Crippen LogP contribution in [0, 0.1) is 0 Å². The molecule has 0 fully saturated rings. The fraction of sp³-hybridized carbons (Fsp3) is 0. The summed E-state index contributed by atoms with van der Waals surface area (Å²) in [6, 6.07) is 73.8. The van der Waals surface area contributed by atoms with Crippen molar-refractivity contribution in [1.82, 2.24) is 19.1 Å². The van der Waals surface area contributed by atoms with Crippen molar-refractivity contribution in [2.75, 3.05) is 0 Å². The molecule has 0 bridgehead atoms. The molecule has 4 heteroatoms. The van der Waals surface area contributed by atoms with Crippen LogP contribution in [-0.4, -0.2) is 19.1 Å². The van der Waals surface area contributed by atoms with E-state index in [4.69, 9.17) is 9.97 Å². The lowest BCUT2D eigenvalue weighted by Crippen LogP contribution is -2.03. The Labute approximate surface area is 334 Å². The second-order valence-electron chi connectivity index (χ2n) is 15.0. The molecule has 3 heterocycles. The number of benzene rings is 9. The predicted molar refractivity (Wildman–Crippen MR) is 242 cm³/mol.